The zero-order valence-corrected chi connectivity index (χ0v) is 21.0. The standard InChI is InChI=1S/C25H24Cl2N6O2/c1-14(2)30-25(23(34)35)12-32(13-25)24-29-15(3)28-22-20(16-8-10-17(26)11-9-16)21(31-33(22)24)18-6-4-5-7-19(18)27/h4-11,14,30H,12-13H2,1-3H3,(H,34,35). The molecule has 0 atom stereocenters. The molecule has 4 aromatic rings. The molecule has 0 saturated carbocycles. The molecular weight excluding hydrogens is 487 g/mol. The molecule has 35 heavy (non-hydrogen) atoms. The van der Waals surface area contributed by atoms with Crippen molar-refractivity contribution >= 4 is 40.8 Å². The zero-order valence-electron chi connectivity index (χ0n) is 19.5. The average Bonchev–Trinajstić information content (AvgIpc) is 3.15. The molecule has 0 radical (unpaired) electrons. The summed E-state index contributed by atoms with van der Waals surface area (Å²) in [5, 5.41) is 19.2. The molecule has 0 bridgehead atoms. The van der Waals surface area contributed by atoms with E-state index in [1.165, 1.54) is 0 Å². The quantitative estimate of drug-likeness (QED) is 0.387. The van der Waals surface area contributed by atoms with Crippen LogP contribution >= 0.6 is 23.2 Å². The largest absolute Gasteiger partial charge is 0.480 e. The molecule has 0 spiro atoms. The van der Waals surface area contributed by atoms with E-state index in [1.807, 2.05) is 74.2 Å². The molecular formula is C25H24Cl2N6O2. The molecule has 2 aromatic heterocycles. The zero-order chi connectivity index (χ0) is 24.9. The number of anilines is 1. The summed E-state index contributed by atoms with van der Waals surface area (Å²) in [7, 11) is 0. The summed E-state index contributed by atoms with van der Waals surface area (Å²) in [6.07, 6.45) is 0. The number of nitrogens with one attached hydrogen (secondary N) is 1. The minimum absolute atomic E-state index is 0.0217. The SMILES string of the molecule is Cc1nc(N2CC(NC(C)C)(C(=O)O)C2)n2nc(-c3ccccc3Cl)c(-c3ccc(Cl)cc3)c2n1. The number of aliphatic carboxylic acids is 1. The fourth-order valence-corrected chi connectivity index (χ4v) is 4.89. The highest BCUT2D eigenvalue weighted by molar-refractivity contribution is 6.33. The Morgan fingerprint density at radius 2 is 1.77 bits per heavy atom. The summed E-state index contributed by atoms with van der Waals surface area (Å²) in [6, 6.07) is 15.0. The molecule has 0 amide bonds. The van der Waals surface area contributed by atoms with E-state index in [9.17, 15) is 9.90 Å². The molecule has 10 heteroatoms. The molecule has 1 aliphatic rings. The number of hydrogen-bond donors (Lipinski definition) is 2. The number of aromatic nitrogens is 4. The normalized spacial score (nSPS) is 15.0. The molecule has 0 unspecified atom stereocenters. The van der Waals surface area contributed by atoms with Gasteiger partial charge in [0.15, 0.2) is 11.2 Å². The monoisotopic (exact) mass is 510 g/mol. The minimum atomic E-state index is -1.04. The first kappa shape index (κ1) is 23.5. The Labute approximate surface area is 212 Å². The average molecular weight is 511 g/mol. The van der Waals surface area contributed by atoms with Gasteiger partial charge in [0.1, 0.15) is 11.5 Å². The van der Waals surface area contributed by atoms with E-state index in [-0.39, 0.29) is 19.1 Å². The highest BCUT2D eigenvalue weighted by Gasteiger charge is 2.51. The van der Waals surface area contributed by atoms with Gasteiger partial charge in [-0.25, -0.2) is 4.98 Å². The maximum absolute atomic E-state index is 12.1. The molecule has 1 saturated heterocycles. The van der Waals surface area contributed by atoms with E-state index < -0.39 is 11.5 Å². The van der Waals surface area contributed by atoms with Gasteiger partial charge in [0.2, 0.25) is 5.95 Å². The second-order valence-electron chi connectivity index (χ2n) is 9.06. The van der Waals surface area contributed by atoms with Gasteiger partial charge in [0.25, 0.3) is 0 Å². The predicted molar refractivity (Wildman–Crippen MR) is 137 cm³/mol. The van der Waals surface area contributed by atoms with E-state index in [4.69, 9.17) is 33.3 Å². The Balaban J connectivity index is 1.70. The molecule has 180 valence electrons. The first-order valence-electron chi connectivity index (χ1n) is 11.2. The number of carboxylic acids is 1. The van der Waals surface area contributed by atoms with Crippen LogP contribution in [0.1, 0.15) is 19.7 Å². The van der Waals surface area contributed by atoms with Crippen molar-refractivity contribution in [1.29, 1.82) is 0 Å². The van der Waals surface area contributed by atoms with E-state index in [2.05, 4.69) is 10.3 Å². The second kappa shape index (κ2) is 8.78. The van der Waals surface area contributed by atoms with Crippen molar-refractivity contribution in [2.45, 2.75) is 32.4 Å². The first-order valence-corrected chi connectivity index (χ1v) is 12.0. The Morgan fingerprint density at radius 3 is 2.40 bits per heavy atom. The number of nitrogens with zero attached hydrogens (tertiary/aromatic N) is 5. The number of benzene rings is 2. The van der Waals surface area contributed by atoms with E-state index in [1.54, 1.807) is 4.52 Å². The summed E-state index contributed by atoms with van der Waals surface area (Å²) in [5.41, 5.74) is 2.66. The third-order valence-corrected chi connectivity index (χ3v) is 6.60. The Hall–Kier alpha value is -3.20. The van der Waals surface area contributed by atoms with Gasteiger partial charge < -0.3 is 10.0 Å². The number of fused-ring (bicyclic) bond motifs is 1. The van der Waals surface area contributed by atoms with Crippen LogP contribution in [-0.2, 0) is 4.79 Å². The number of hydrogen-bond acceptors (Lipinski definition) is 6. The van der Waals surface area contributed by atoms with Crippen LogP contribution < -0.4 is 10.2 Å². The lowest BCUT2D eigenvalue weighted by Gasteiger charge is -2.48. The topological polar surface area (TPSA) is 95.7 Å². The van der Waals surface area contributed by atoms with Crippen LogP contribution in [-0.4, -0.2) is 55.3 Å². The molecule has 1 fully saturated rings. The fraction of sp³-hybridized carbons (Fsp3) is 0.280. The van der Waals surface area contributed by atoms with Crippen molar-refractivity contribution in [2.75, 3.05) is 18.0 Å². The van der Waals surface area contributed by atoms with Gasteiger partial charge in [-0.1, -0.05) is 53.5 Å². The summed E-state index contributed by atoms with van der Waals surface area (Å²) in [4.78, 5) is 23.3. The van der Waals surface area contributed by atoms with Gasteiger partial charge in [-0.15, -0.1) is 0 Å². The highest BCUT2D eigenvalue weighted by atomic mass is 35.5. The van der Waals surface area contributed by atoms with Crippen LogP contribution in [0.5, 0.6) is 0 Å². The van der Waals surface area contributed by atoms with Gasteiger partial charge in [-0.3, -0.25) is 10.1 Å². The molecule has 0 aliphatic carbocycles. The number of rotatable bonds is 6. The van der Waals surface area contributed by atoms with Crippen LogP contribution in [0, 0.1) is 6.92 Å². The molecule has 5 rings (SSSR count). The molecule has 2 N–H and O–H groups in total. The van der Waals surface area contributed by atoms with Crippen LogP contribution in [0.15, 0.2) is 48.5 Å². The number of halogens is 2. The summed E-state index contributed by atoms with van der Waals surface area (Å²) in [6.45, 7) is 6.19. The lowest BCUT2D eigenvalue weighted by Crippen LogP contribution is -2.75. The van der Waals surface area contributed by atoms with Crippen molar-refractivity contribution in [1.82, 2.24) is 24.9 Å². The fourth-order valence-electron chi connectivity index (χ4n) is 4.54. The summed E-state index contributed by atoms with van der Waals surface area (Å²) in [5.74, 6) is 0.199. The summed E-state index contributed by atoms with van der Waals surface area (Å²) < 4.78 is 1.68. The van der Waals surface area contributed by atoms with Gasteiger partial charge in [-0.2, -0.15) is 14.6 Å². The Kier molecular flexibility index (Phi) is 5.91. The minimum Gasteiger partial charge on any atom is -0.480 e. The second-order valence-corrected chi connectivity index (χ2v) is 9.90. The van der Waals surface area contributed by atoms with Crippen LogP contribution in [0.2, 0.25) is 10.0 Å². The molecule has 8 nitrogen and oxygen atoms in total. The number of carboxylic acid groups (broad SMARTS) is 1. The number of carbonyl (C=O) groups is 1. The third-order valence-electron chi connectivity index (χ3n) is 6.02. The third kappa shape index (κ3) is 4.11. The molecule has 2 aromatic carbocycles. The maximum Gasteiger partial charge on any atom is 0.327 e. The molecule has 3 heterocycles. The van der Waals surface area contributed by atoms with Gasteiger partial charge in [0.05, 0.1) is 23.7 Å². The van der Waals surface area contributed by atoms with Crippen molar-refractivity contribution in [3.8, 4) is 22.4 Å². The van der Waals surface area contributed by atoms with Gasteiger partial charge in [-0.05, 0) is 44.5 Å². The smallest absolute Gasteiger partial charge is 0.327 e. The lowest BCUT2D eigenvalue weighted by molar-refractivity contribution is -0.146. The Bertz CT molecular complexity index is 1430. The highest BCUT2D eigenvalue weighted by Crippen LogP contribution is 2.39. The summed E-state index contributed by atoms with van der Waals surface area (Å²) >= 11 is 12.7. The van der Waals surface area contributed by atoms with Crippen LogP contribution in [0.3, 0.4) is 0 Å². The van der Waals surface area contributed by atoms with Crippen molar-refractivity contribution in [2.24, 2.45) is 0 Å². The van der Waals surface area contributed by atoms with E-state index in [0.29, 0.717) is 33.2 Å². The van der Waals surface area contributed by atoms with Crippen molar-refractivity contribution in [3.05, 3.63) is 64.4 Å². The van der Waals surface area contributed by atoms with Crippen LogP contribution in [0.4, 0.5) is 5.95 Å². The van der Waals surface area contributed by atoms with Crippen LogP contribution in [0.25, 0.3) is 28.0 Å². The maximum atomic E-state index is 12.1. The van der Waals surface area contributed by atoms with E-state index in [0.717, 1.165) is 16.7 Å². The van der Waals surface area contributed by atoms with Crippen molar-refractivity contribution in [3.63, 3.8) is 0 Å². The Morgan fingerprint density at radius 1 is 1.09 bits per heavy atom. The van der Waals surface area contributed by atoms with E-state index >= 15 is 0 Å². The first-order chi connectivity index (χ1) is 16.7. The predicted octanol–water partition coefficient (Wildman–Crippen LogP) is 4.71. The van der Waals surface area contributed by atoms with Gasteiger partial charge >= 0.3 is 5.97 Å². The molecule has 1 aliphatic heterocycles. The number of aryl methyl sites for hydroxylation is 1. The lowest BCUT2D eigenvalue weighted by atomic mass is 9.89. The van der Waals surface area contributed by atoms with Gasteiger partial charge in [0, 0.05) is 16.6 Å². The van der Waals surface area contributed by atoms with Crippen molar-refractivity contribution < 1.29 is 9.90 Å².